The molecule has 1 atom stereocenters. The zero-order valence-electron chi connectivity index (χ0n) is 24.0. The molecule has 0 amide bonds. The second-order valence-electron chi connectivity index (χ2n) is 10.8. The van der Waals surface area contributed by atoms with Crippen LogP contribution in [0.2, 0.25) is 0 Å². The molecule has 0 spiro atoms. The number of piperazine rings is 1. The van der Waals surface area contributed by atoms with E-state index in [2.05, 4.69) is 4.98 Å². The molecule has 1 aliphatic rings. The fourth-order valence-electron chi connectivity index (χ4n) is 5.59. The first-order valence-corrected chi connectivity index (χ1v) is 14.1. The molecule has 232 valence electrons. The van der Waals surface area contributed by atoms with Crippen molar-refractivity contribution in [2.24, 2.45) is 5.73 Å². The standard InChI is InChI=1S/C31H32F4N6O3/c1-20-27(39-15-13-38(14-16-39)17-22-9-6-12-37-28(22)42)29(43)41(19-26(36)21-7-3-2-4-8-21)30(44)40(20)18-23-24(31(33,34)35)10-5-11-25(23)32/h2-12,26H,13-19,36H2,1H3,(H,37,42). The van der Waals surface area contributed by atoms with Gasteiger partial charge in [0.05, 0.1) is 18.7 Å². The van der Waals surface area contributed by atoms with Crippen LogP contribution in [0.4, 0.5) is 23.2 Å². The number of nitrogens with zero attached hydrogens (tertiary/aromatic N) is 4. The van der Waals surface area contributed by atoms with Gasteiger partial charge in [-0.05, 0) is 30.7 Å². The Bertz CT molecular complexity index is 1810. The maximum absolute atomic E-state index is 14.9. The van der Waals surface area contributed by atoms with Crippen molar-refractivity contribution >= 4 is 5.69 Å². The van der Waals surface area contributed by atoms with Crippen LogP contribution < -0.4 is 27.4 Å². The molecule has 2 aromatic carbocycles. The Morgan fingerprint density at radius 2 is 1.59 bits per heavy atom. The third-order valence-electron chi connectivity index (χ3n) is 7.99. The Morgan fingerprint density at radius 1 is 0.886 bits per heavy atom. The first kappa shape index (κ1) is 31.0. The lowest BCUT2D eigenvalue weighted by Gasteiger charge is -2.36. The molecule has 0 saturated carbocycles. The maximum Gasteiger partial charge on any atom is 0.416 e. The van der Waals surface area contributed by atoms with Gasteiger partial charge in [0.2, 0.25) is 0 Å². The lowest BCUT2D eigenvalue weighted by atomic mass is 10.1. The quantitative estimate of drug-likeness (QED) is 0.296. The van der Waals surface area contributed by atoms with Gasteiger partial charge in [-0.1, -0.05) is 42.5 Å². The molecule has 4 aromatic rings. The summed E-state index contributed by atoms with van der Waals surface area (Å²) in [4.78, 5) is 46.3. The molecule has 1 saturated heterocycles. The summed E-state index contributed by atoms with van der Waals surface area (Å²) in [6, 6.07) is 14.1. The van der Waals surface area contributed by atoms with Gasteiger partial charge in [0.15, 0.2) is 0 Å². The summed E-state index contributed by atoms with van der Waals surface area (Å²) >= 11 is 0. The zero-order valence-corrected chi connectivity index (χ0v) is 24.0. The lowest BCUT2D eigenvalue weighted by molar-refractivity contribution is -0.138. The average Bonchev–Trinajstić information content (AvgIpc) is 3.00. The SMILES string of the molecule is Cc1c(N2CCN(Cc3ccc[nH]c3=O)CC2)c(=O)n(CC(N)c2ccccc2)c(=O)n1Cc1c(F)cccc1C(F)(F)F. The van der Waals surface area contributed by atoms with Gasteiger partial charge in [-0.15, -0.1) is 0 Å². The molecule has 3 heterocycles. The molecule has 44 heavy (non-hydrogen) atoms. The summed E-state index contributed by atoms with van der Waals surface area (Å²) in [5.74, 6) is -1.11. The summed E-state index contributed by atoms with van der Waals surface area (Å²) in [6.45, 7) is 2.53. The molecule has 9 nitrogen and oxygen atoms in total. The van der Waals surface area contributed by atoms with Gasteiger partial charge in [0.1, 0.15) is 11.5 Å². The number of halogens is 4. The third kappa shape index (κ3) is 6.38. The van der Waals surface area contributed by atoms with Crippen molar-refractivity contribution in [2.75, 3.05) is 31.1 Å². The van der Waals surface area contributed by atoms with E-state index in [1.807, 2.05) is 4.90 Å². The molecule has 0 aliphatic carbocycles. The number of aromatic nitrogens is 3. The molecule has 13 heteroatoms. The lowest BCUT2D eigenvalue weighted by Crippen LogP contribution is -2.51. The van der Waals surface area contributed by atoms with Crippen LogP contribution in [0.25, 0.3) is 0 Å². The van der Waals surface area contributed by atoms with E-state index in [1.54, 1.807) is 53.6 Å². The molecule has 1 unspecified atom stereocenters. The highest BCUT2D eigenvalue weighted by molar-refractivity contribution is 5.50. The van der Waals surface area contributed by atoms with Crippen molar-refractivity contribution in [3.05, 3.63) is 132 Å². The third-order valence-corrected chi connectivity index (χ3v) is 7.99. The van der Waals surface area contributed by atoms with Gasteiger partial charge < -0.3 is 15.6 Å². The van der Waals surface area contributed by atoms with Crippen LogP contribution in [-0.2, 0) is 25.8 Å². The van der Waals surface area contributed by atoms with Crippen LogP contribution in [0.3, 0.4) is 0 Å². The van der Waals surface area contributed by atoms with Crippen LogP contribution in [0, 0.1) is 12.7 Å². The number of pyridine rings is 1. The summed E-state index contributed by atoms with van der Waals surface area (Å²) in [7, 11) is 0. The smallest absolute Gasteiger partial charge is 0.363 e. The number of hydrogen-bond donors (Lipinski definition) is 2. The van der Waals surface area contributed by atoms with E-state index in [0.29, 0.717) is 43.9 Å². The largest absolute Gasteiger partial charge is 0.416 e. The minimum absolute atomic E-state index is 0.119. The van der Waals surface area contributed by atoms with Gasteiger partial charge in [0.25, 0.3) is 11.1 Å². The van der Waals surface area contributed by atoms with Gasteiger partial charge in [-0.2, -0.15) is 13.2 Å². The first-order chi connectivity index (χ1) is 21.0. The fourth-order valence-corrected chi connectivity index (χ4v) is 5.59. The molecule has 2 aromatic heterocycles. The molecule has 5 rings (SSSR count). The van der Waals surface area contributed by atoms with Crippen LogP contribution in [0.15, 0.2) is 81.2 Å². The Kier molecular flexibility index (Phi) is 8.88. The first-order valence-electron chi connectivity index (χ1n) is 14.1. The van der Waals surface area contributed by atoms with E-state index < -0.39 is 47.0 Å². The van der Waals surface area contributed by atoms with Gasteiger partial charge in [0, 0.05) is 61.8 Å². The number of H-pyrrole nitrogens is 1. The Hall–Kier alpha value is -4.49. The topological polar surface area (TPSA) is 109 Å². The predicted octanol–water partition coefficient (Wildman–Crippen LogP) is 3.24. The number of alkyl halides is 3. The summed E-state index contributed by atoms with van der Waals surface area (Å²) < 4.78 is 58.4. The van der Waals surface area contributed by atoms with E-state index in [4.69, 9.17) is 5.73 Å². The molecule has 0 radical (unpaired) electrons. The number of rotatable bonds is 8. The van der Waals surface area contributed by atoms with E-state index in [-0.39, 0.29) is 23.5 Å². The van der Waals surface area contributed by atoms with E-state index in [1.165, 1.54) is 6.92 Å². The molecule has 1 aliphatic heterocycles. The number of hydrogen-bond acceptors (Lipinski definition) is 6. The number of benzene rings is 2. The van der Waals surface area contributed by atoms with Gasteiger partial charge >= 0.3 is 11.9 Å². The van der Waals surface area contributed by atoms with Gasteiger partial charge in [-0.25, -0.2) is 9.18 Å². The molecular weight excluding hydrogens is 580 g/mol. The Morgan fingerprint density at radius 3 is 2.25 bits per heavy atom. The fraction of sp³-hybridized carbons (Fsp3) is 0.323. The van der Waals surface area contributed by atoms with Crippen LogP contribution in [0.1, 0.15) is 34.0 Å². The monoisotopic (exact) mass is 612 g/mol. The number of aromatic amines is 1. The van der Waals surface area contributed by atoms with E-state index >= 15 is 0 Å². The van der Waals surface area contributed by atoms with Crippen molar-refractivity contribution in [3.8, 4) is 0 Å². The van der Waals surface area contributed by atoms with Crippen LogP contribution in [0.5, 0.6) is 0 Å². The molecule has 0 bridgehead atoms. The van der Waals surface area contributed by atoms with E-state index in [0.717, 1.165) is 27.3 Å². The minimum atomic E-state index is -4.86. The highest BCUT2D eigenvalue weighted by Crippen LogP contribution is 2.33. The summed E-state index contributed by atoms with van der Waals surface area (Å²) in [5.41, 5.74) is 4.26. The summed E-state index contributed by atoms with van der Waals surface area (Å²) in [5, 5.41) is 0. The van der Waals surface area contributed by atoms with Crippen molar-refractivity contribution in [2.45, 2.75) is 38.8 Å². The van der Waals surface area contributed by atoms with Gasteiger partial charge in [-0.3, -0.25) is 23.6 Å². The van der Waals surface area contributed by atoms with Crippen molar-refractivity contribution in [3.63, 3.8) is 0 Å². The Labute approximate surface area is 249 Å². The highest BCUT2D eigenvalue weighted by Gasteiger charge is 2.35. The Balaban J connectivity index is 1.55. The van der Waals surface area contributed by atoms with Crippen molar-refractivity contribution in [1.82, 2.24) is 19.0 Å². The predicted molar refractivity (Wildman–Crippen MR) is 158 cm³/mol. The number of anilines is 1. The zero-order chi connectivity index (χ0) is 31.6. The van der Waals surface area contributed by atoms with Crippen LogP contribution in [-0.4, -0.2) is 45.2 Å². The van der Waals surface area contributed by atoms with E-state index in [9.17, 15) is 31.9 Å². The summed E-state index contributed by atoms with van der Waals surface area (Å²) in [6.07, 6.45) is -3.31. The molecular formula is C31H32F4N6O3. The van der Waals surface area contributed by atoms with Crippen LogP contribution >= 0.6 is 0 Å². The number of nitrogens with one attached hydrogen (secondary N) is 1. The van der Waals surface area contributed by atoms with Crippen molar-refractivity contribution in [1.29, 1.82) is 0 Å². The second kappa shape index (κ2) is 12.6. The maximum atomic E-state index is 14.9. The average molecular weight is 613 g/mol. The highest BCUT2D eigenvalue weighted by atomic mass is 19.4. The van der Waals surface area contributed by atoms with Crippen molar-refractivity contribution < 1.29 is 17.6 Å². The number of nitrogens with two attached hydrogens (primary N) is 1. The molecule has 1 fully saturated rings. The minimum Gasteiger partial charge on any atom is -0.363 e. The second-order valence-corrected chi connectivity index (χ2v) is 10.8. The normalized spacial score (nSPS) is 15.0. The molecule has 3 N–H and O–H groups in total.